The van der Waals surface area contributed by atoms with Crippen molar-refractivity contribution in [3.63, 3.8) is 0 Å². The lowest BCUT2D eigenvalue weighted by Crippen LogP contribution is -1.99. The summed E-state index contributed by atoms with van der Waals surface area (Å²) < 4.78 is 1.82. The van der Waals surface area contributed by atoms with E-state index in [1.807, 2.05) is 10.7 Å². The summed E-state index contributed by atoms with van der Waals surface area (Å²) in [6, 6.07) is 18.9. The van der Waals surface area contributed by atoms with Gasteiger partial charge in [-0.2, -0.15) is 5.10 Å². The molecule has 0 amide bonds. The molecule has 0 unspecified atom stereocenters. The topological polar surface area (TPSA) is 30.7 Å². The summed E-state index contributed by atoms with van der Waals surface area (Å²) in [5, 5.41) is 4.12. The Labute approximate surface area is 106 Å². The van der Waals surface area contributed by atoms with Gasteiger partial charge < -0.3 is 0 Å². The van der Waals surface area contributed by atoms with Crippen LogP contribution in [0.3, 0.4) is 0 Å². The molecule has 0 aliphatic carbocycles. The van der Waals surface area contributed by atoms with Crippen LogP contribution in [0.15, 0.2) is 67.3 Å². The Balaban J connectivity index is 1.90. The van der Waals surface area contributed by atoms with Crippen LogP contribution in [0.5, 0.6) is 0 Å². The van der Waals surface area contributed by atoms with Crippen LogP contribution in [-0.4, -0.2) is 14.8 Å². The SMILES string of the molecule is c1ccc(-c2cccc(Cn3cncn3)c2)cc1. The zero-order chi connectivity index (χ0) is 12.2. The first-order valence-corrected chi connectivity index (χ1v) is 5.88. The lowest BCUT2D eigenvalue weighted by Gasteiger charge is -2.05. The second-order valence-electron chi connectivity index (χ2n) is 4.16. The molecule has 0 aliphatic heterocycles. The number of hydrogen-bond acceptors (Lipinski definition) is 2. The average molecular weight is 235 g/mol. The first-order chi connectivity index (χ1) is 8.92. The Morgan fingerprint density at radius 2 is 1.72 bits per heavy atom. The first-order valence-electron chi connectivity index (χ1n) is 5.88. The van der Waals surface area contributed by atoms with Crippen LogP contribution < -0.4 is 0 Å². The van der Waals surface area contributed by atoms with Gasteiger partial charge in [-0.1, -0.05) is 48.5 Å². The molecular weight excluding hydrogens is 222 g/mol. The Kier molecular flexibility index (Phi) is 2.88. The molecule has 88 valence electrons. The van der Waals surface area contributed by atoms with Gasteiger partial charge in [0.1, 0.15) is 12.7 Å². The zero-order valence-corrected chi connectivity index (χ0v) is 9.90. The Bertz CT molecular complexity index is 615. The van der Waals surface area contributed by atoms with E-state index in [0.29, 0.717) is 0 Å². The van der Waals surface area contributed by atoms with Gasteiger partial charge in [0.2, 0.25) is 0 Å². The maximum Gasteiger partial charge on any atom is 0.137 e. The van der Waals surface area contributed by atoms with Crippen LogP contribution in [-0.2, 0) is 6.54 Å². The van der Waals surface area contributed by atoms with Crippen molar-refractivity contribution >= 4 is 0 Å². The largest absolute Gasteiger partial charge is 0.249 e. The van der Waals surface area contributed by atoms with Crippen molar-refractivity contribution in [2.24, 2.45) is 0 Å². The van der Waals surface area contributed by atoms with Crippen molar-refractivity contribution in [2.75, 3.05) is 0 Å². The molecule has 1 heterocycles. The van der Waals surface area contributed by atoms with E-state index < -0.39 is 0 Å². The molecule has 0 aliphatic rings. The normalized spacial score (nSPS) is 10.4. The molecule has 0 radical (unpaired) electrons. The molecule has 0 saturated heterocycles. The van der Waals surface area contributed by atoms with Crippen molar-refractivity contribution in [1.82, 2.24) is 14.8 Å². The lowest BCUT2D eigenvalue weighted by atomic mass is 10.0. The van der Waals surface area contributed by atoms with Gasteiger partial charge >= 0.3 is 0 Å². The van der Waals surface area contributed by atoms with Crippen molar-refractivity contribution in [1.29, 1.82) is 0 Å². The minimum atomic E-state index is 0.751. The number of rotatable bonds is 3. The van der Waals surface area contributed by atoms with Gasteiger partial charge in [-0.25, -0.2) is 9.67 Å². The summed E-state index contributed by atoms with van der Waals surface area (Å²) >= 11 is 0. The molecule has 0 saturated carbocycles. The second kappa shape index (κ2) is 4.84. The van der Waals surface area contributed by atoms with E-state index in [9.17, 15) is 0 Å². The summed E-state index contributed by atoms with van der Waals surface area (Å²) in [5.74, 6) is 0. The fraction of sp³-hybridized carbons (Fsp3) is 0.0667. The third kappa shape index (κ3) is 2.30. The zero-order valence-electron chi connectivity index (χ0n) is 9.90. The average Bonchev–Trinajstić information content (AvgIpc) is 2.93. The van der Waals surface area contributed by atoms with E-state index in [1.165, 1.54) is 16.7 Å². The molecule has 0 spiro atoms. The highest BCUT2D eigenvalue weighted by Crippen LogP contribution is 2.20. The summed E-state index contributed by atoms with van der Waals surface area (Å²) in [6.45, 7) is 0.751. The molecule has 3 heteroatoms. The first kappa shape index (κ1) is 10.7. The van der Waals surface area contributed by atoms with Crippen LogP contribution >= 0.6 is 0 Å². The van der Waals surface area contributed by atoms with Gasteiger partial charge in [0.05, 0.1) is 6.54 Å². The van der Waals surface area contributed by atoms with E-state index >= 15 is 0 Å². The van der Waals surface area contributed by atoms with Crippen molar-refractivity contribution in [2.45, 2.75) is 6.54 Å². The summed E-state index contributed by atoms with van der Waals surface area (Å²) in [7, 11) is 0. The molecule has 2 aromatic carbocycles. The molecule has 0 N–H and O–H groups in total. The minimum Gasteiger partial charge on any atom is -0.249 e. The monoisotopic (exact) mass is 235 g/mol. The molecule has 0 fully saturated rings. The molecule has 0 bridgehead atoms. The molecule has 3 nitrogen and oxygen atoms in total. The van der Waals surface area contributed by atoms with Gasteiger partial charge in [0.25, 0.3) is 0 Å². The van der Waals surface area contributed by atoms with Crippen LogP contribution in [0.2, 0.25) is 0 Å². The number of hydrogen-bond donors (Lipinski definition) is 0. The van der Waals surface area contributed by atoms with Crippen LogP contribution in [0.4, 0.5) is 0 Å². The Hall–Kier alpha value is -2.42. The van der Waals surface area contributed by atoms with Crippen molar-refractivity contribution < 1.29 is 0 Å². The third-order valence-electron chi connectivity index (χ3n) is 2.85. The van der Waals surface area contributed by atoms with Gasteiger partial charge in [-0.05, 0) is 22.8 Å². The van der Waals surface area contributed by atoms with Crippen LogP contribution in [0.1, 0.15) is 5.56 Å². The second-order valence-corrected chi connectivity index (χ2v) is 4.16. The number of benzene rings is 2. The van der Waals surface area contributed by atoms with Gasteiger partial charge in [0.15, 0.2) is 0 Å². The predicted molar refractivity (Wildman–Crippen MR) is 71.0 cm³/mol. The number of aromatic nitrogens is 3. The smallest absolute Gasteiger partial charge is 0.137 e. The molecule has 18 heavy (non-hydrogen) atoms. The quantitative estimate of drug-likeness (QED) is 0.698. The molecule has 3 rings (SSSR count). The highest BCUT2D eigenvalue weighted by molar-refractivity contribution is 5.63. The van der Waals surface area contributed by atoms with E-state index in [4.69, 9.17) is 0 Å². The maximum absolute atomic E-state index is 4.12. The van der Waals surface area contributed by atoms with Crippen LogP contribution in [0.25, 0.3) is 11.1 Å². The standard InChI is InChI=1S/C15H13N3/c1-2-6-14(7-3-1)15-8-4-5-13(9-15)10-18-12-16-11-17-18/h1-9,11-12H,10H2. The van der Waals surface area contributed by atoms with E-state index in [-0.39, 0.29) is 0 Å². The van der Waals surface area contributed by atoms with Gasteiger partial charge in [-0.3, -0.25) is 0 Å². The lowest BCUT2D eigenvalue weighted by molar-refractivity contribution is 0.685. The maximum atomic E-state index is 4.12. The van der Waals surface area contributed by atoms with Crippen LogP contribution in [0, 0.1) is 0 Å². The summed E-state index contributed by atoms with van der Waals surface area (Å²) in [5.41, 5.74) is 3.69. The van der Waals surface area contributed by atoms with Crippen molar-refractivity contribution in [3.8, 4) is 11.1 Å². The van der Waals surface area contributed by atoms with Gasteiger partial charge in [0, 0.05) is 0 Å². The Morgan fingerprint density at radius 3 is 2.50 bits per heavy atom. The molecule has 0 atom stereocenters. The van der Waals surface area contributed by atoms with E-state index in [1.54, 1.807) is 12.7 Å². The van der Waals surface area contributed by atoms with Gasteiger partial charge in [-0.15, -0.1) is 0 Å². The predicted octanol–water partition coefficient (Wildman–Crippen LogP) is 2.99. The summed E-state index contributed by atoms with van der Waals surface area (Å²) in [4.78, 5) is 3.95. The minimum absolute atomic E-state index is 0.751. The highest BCUT2D eigenvalue weighted by Gasteiger charge is 2.00. The van der Waals surface area contributed by atoms with E-state index in [2.05, 4.69) is 58.6 Å². The molecule has 3 aromatic rings. The van der Waals surface area contributed by atoms with Crippen molar-refractivity contribution in [3.05, 3.63) is 72.8 Å². The Morgan fingerprint density at radius 1 is 0.889 bits per heavy atom. The number of nitrogens with zero attached hydrogens (tertiary/aromatic N) is 3. The fourth-order valence-corrected chi connectivity index (χ4v) is 1.98. The van der Waals surface area contributed by atoms with E-state index in [0.717, 1.165) is 6.54 Å². The highest BCUT2D eigenvalue weighted by atomic mass is 15.3. The fourth-order valence-electron chi connectivity index (χ4n) is 1.98. The molecular formula is C15H13N3. The molecule has 1 aromatic heterocycles. The third-order valence-corrected chi connectivity index (χ3v) is 2.85. The summed E-state index contributed by atoms with van der Waals surface area (Å²) in [6.07, 6.45) is 3.29.